The van der Waals surface area contributed by atoms with E-state index in [4.69, 9.17) is 5.73 Å². The van der Waals surface area contributed by atoms with Gasteiger partial charge < -0.3 is 11.1 Å². The fraction of sp³-hybridized carbons (Fsp3) is 0.947. The first-order chi connectivity index (χ1) is 11.9. The highest BCUT2D eigenvalue weighted by Gasteiger charge is 2.42. The highest BCUT2D eigenvalue weighted by molar-refractivity contribution is 7.93. The molecule has 0 aliphatic heterocycles. The van der Waals surface area contributed by atoms with Crippen LogP contribution in [0.1, 0.15) is 78.1 Å². The minimum absolute atomic E-state index is 0.101. The van der Waals surface area contributed by atoms with Crippen molar-refractivity contribution >= 4 is 15.7 Å². The van der Waals surface area contributed by atoms with Crippen LogP contribution < -0.4 is 11.1 Å². The number of nitrogens with one attached hydrogen (secondary N) is 1. The number of hydrogen-bond donors (Lipinski definition) is 2. The maximum atomic E-state index is 13.1. The lowest BCUT2D eigenvalue weighted by atomic mass is 9.84. The number of sulfone groups is 1. The molecule has 146 valence electrons. The lowest BCUT2D eigenvalue weighted by Gasteiger charge is -2.33. The summed E-state index contributed by atoms with van der Waals surface area (Å²) in [6, 6.07) is -0.101. The monoisotopic (exact) mass is 372 g/mol. The molecule has 1 amide bonds. The van der Waals surface area contributed by atoms with Crippen LogP contribution in [0.3, 0.4) is 0 Å². The van der Waals surface area contributed by atoms with Gasteiger partial charge in [0.2, 0.25) is 5.91 Å². The van der Waals surface area contributed by atoms with Gasteiger partial charge in [-0.25, -0.2) is 8.42 Å². The van der Waals surface area contributed by atoms with Crippen molar-refractivity contribution in [2.45, 2.75) is 94.6 Å². The van der Waals surface area contributed by atoms with Crippen LogP contribution in [0.15, 0.2) is 0 Å². The zero-order valence-corrected chi connectivity index (χ0v) is 16.7. The van der Waals surface area contributed by atoms with Crippen molar-refractivity contribution in [1.82, 2.24) is 5.32 Å². The van der Waals surface area contributed by atoms with Crippen LogP contribution in [-0.2, 0) is 14.6 Å². The second kappa shape index (κ2) is 9.36. The van der Waals surface area contributed by atoms with Gasteiger partial charge in [-0.1, -0.05) is 52.4 Å². The van der Waals surface area contributed by atoms with Gasteiger partial charge in [0.15, 0.2) is 9.84 Å². The Bertz CT molecular complexity index is 521. The Balaban J connectivity index is 2.10. The molecule has 3 N–H and O–H groups in total. The number of hydrogen-bond acceptors (Lipinski definition) is 4. The zero-order chi connectivity index (χ0) is 18.4. The summed E-state index contributed by atoms with van der Waals surface area (Å²) in [6.07, 6.45) is 10.1. The maximum absolute atomic E-state index is 13.1. The van der Waals surface area contributed by atoms with Crippen molar-refractivity contribution in [3.63, 3.8) is 0 Å². The first kappa shape index (κ1) is 20.7. The Labute approximate surface area is 153 Å². The minimum Gasteiger partial charge on any atom is -0.351 e. The molecule has 5 nitrogen and oxygen atoms in total. The van der Waals surface area contributed by atoms with E-state index >= 15 is 0 Å². The first-order valence-electron chi connectivity index (χ1n) is 10.1. The van der Waals surface area contributed by atoms with Crippen molar-refractivity contribution in [3.8, 4) is 0 Å². The van der Waals surface area contributed by atoms with Gasteiger partial charge in [0.1, 0.15) is 5.25 Å². The van der Waals surface area contributed by atoms with Crippen molar-refractivity contribution in [1.29, 1.82) is 0 Å². The normalized spacial score (nSPS) is 23.4. The molecular weight excluding hydrogens is 336 g/mol. The van der Waals surface area contributed by atoms with E-state index < -0.39 is 15.1 Å². The van der Waals surface area contributed by atoms with E-state index in [1.54, 1.807) is 0 Å². The Morgan fingerprint density at radius 3 is 2.00 bits per heavy atom. The van der Waals surface area contributed by atoms with Gasteiger partial charge in [-0.2, -0.15) is 0 Å². The van der Waals surface area contributed by atoms with E-state index in [1.165, 1.54) is 19.3 Å². The predicted molar refractivity (Wildman–Crippen MR) is 102 cm³/mol. The van der Waals surface area contributed by atoms with Gasteiger partial charge in [0.05, 0.1) is 5.25 Å². The molecule has 0 spiro atoms. The Morgan fingerprint density at radius 1 is 1.00 bits per heavy atom. The molecule has 2 saturated carbocycles. The molecule has 0 aromatic rings. The largest absolute Gasteiger partial charge is 0.351 e. The number of amides is 1. The first-order valence-corrected chi connectivity index (χ1v) is 11.7. The molecule has 0 bridgehead atoms. The molecule has 0 aromatic carbocycles. The second-order valence-electron chi connectivity index (χ2n) is 8.26. The number of carbonyl (C=O) groups excluding carboxylic acids is 1. The average molecular weight is 373 g/mol. The summed E-state index contributed by atoms with van der Waals surface area (Å²) in [7, 11) is -3.46. The van der Waals surface area contributed by atoms with Crippen LogP contribution in [0.5, 0.6) is 0 Å². The highest BCUT2D eigenvalue weighted by Crippen LogP contribution is 2.30. The number of rotatable bonds is 7. The molecular formula is C19H36N2O3S. The fourth-order valence-corrected chi connectivity index (χ4v) is 7.13. The summed E-state index contributed by atoms with van der Waals surface area (Å²) in [6.45, 7) is 4.05. The number of carbonyl (C=O) groups is 1. The molecule has 2 atom stereocenters. The van der Waals surface area contributed by atoms with E-state index in [0.717, 1.165) is 32.1 Å². The topological polar surface area (TPSA) is 89.3 Å². The molecule has 2 unspecified atom stereocenters. The summed E-state index contributed by atoms with van der Waals surface area (Å²) < 4.78 is 26.2. The average Bonchev–Trinajstić information content (AvgIpc) is 2.60. The highest BCUT2D eigenvalue weighted by atomic mass is 32.2. The van der Waals surface area contributed by atoms with Crippen molar-refractivity contribution < 1.29 is 13.2 Å². The third kappa shape index (κ3) is 5.19. The lowest BCUT2D eigenvalue weighted by molar-refractivity contribution is -0.122. The fourth-order valence-electron chi connectivity index (χ4n) is 4.60. The molecule has 0 radical (unpaired) electrons. The SMILES string of the molecule is CC(C)C(C(=O)NC(CN)C1CCCCC1)S(=O)(=O)C1CCCCC1. The summed E-state index contributed by atoms with van der Waals surface area (Å²) in [5, 5.41) is 1.71. The van der Waals surface area contributed by atoms with Crippen LogP contribution in [0.25, 0.3) is 0 Å². The van der Waals surface area contributed by atoms with E-state index in [9.17, 15) is 13.2 Å². The van der Waals surface area contributed by atoms with Gasteiger partial charge in [0, 0.05) is 12.6 Å². The van der Waals surface area contributed by atoms with Gasteiger partial charge in [-0.15, -0.1) is 0 Å². The van der Waals surface area contributed by atoms with E-state index in [-0.39, 0.29) is 23.1 Å². The van der Waals surface area contributed by atoms with Crippen LogP contribution in [0.2, 0.25) is 0 Å². The molecule has 0 saturated heterocycles. The van der Waals surface area contributed by atoms with Crippen LogP contribution in [0.4, 0.5) is 0 Å². The van der Waals surface area contributed by atoms with Crippen molar-refractivity contribution in [3.05, 3.63) is 0 Å². The van der Waals surface area contributed by atoms with E-state index in [2.05, 4.69) is 5.32 Å². The number of nitrogens with two attached hydrogens (primary N) is 1. The third-order valence-electron chi connectivity index (χ3n) is 6.04. The summed E-state index contributed by atoms with van der Waals surface area (Å²) in [5.74, 6) is -0.175. The quantitative estimate of drug-likeness (QED) is 0.719. The summed E-state index contributed by atoms with van der Waals surface area (Å²) >= 11 is 0. The van der Waals surface area contributed by atoms with E-state index in [1.807, 2.05) is 13.8 Å². The second-order valence-corrected chi connectivity index (χ2v) is 10.6. The molecule has 2 fully saturated rings. The van der Waals surface area contributed by atoms with Crippen molar-refractivity contribution in [2.75, 3.05) is 6.54 Å². The molecule has 2 rings (SSSR count). The maximum Gasteiger partial charge on any atom is 0.238 e. The Morgan fingerprint density at radius 2 is 1.52 bits per heavy atom. The van der Waals surface area contributed by atoms with Gasteiger partial charge in [0.25, 0.3) is 0 Å². The summed E-state index contributed by atoms with van der Waals surface area (Å²) in [4.78, 5) is 12.9. The molecule has 0 aromatic heterocycles. The minimum atomic E-state index is -3.46. The molecule has 25 heavy (non-hydrogen) atoms. The summed E-state index contributed by atoms with van der Waals surface area (Å²) in [5.41, 5.74) is 5.92. The van der Waals surface area contributed by atoms with E-state index in [0.29, 0.717) is 25.3 Å². The molecule has 6 heteroatoms. The molecule has 0 heterocycles. The zero-order valence-electron chi connectivity index (χ0n) is 15.9. The molecule has 2 aliphatic carbocycles. The van der Waals surface area contributed by atoms with Crippen molar-refractivity contribution in [2.24, 2.45) is 17.6 Å². The predicted octanol–water partition coefficient (Wildman–Crippen LogP) is 2.78. The Hall–Kier alpha value is -0.620. The smallest absolute Gasteiger partial charge is 0.238 e. The van der Waals surface area contributed by atoms with Gasteiger partial charge >= 0.3 is 0 Å². The van der Waals surface area contributed by atoms with Crippen LogP contribution in [-0.4, -0.2) is 37.4 Å². The standard InChI is InChI=1S/C19H36N2O3S/c1-14(2)18(25(23,24)16-11-7-4-8-12-16)19(22)21-17(13-20)15-9-5-3-6-10-15/h14-18H,3-13,20H2,1-2H3,(H,21,22). The van der Waals surface area contributed by atoms with Gasteiger partial charge in [-0.05, 0) is 37.5 Å². The Kier molecular flexibility index (Phi) is 7.74. The third-order valence-corrected chi connectivity index (χ3v) is 8.90. The molecule has 2 aliphatic rings. The van der Waals surface area contributed by atoms with Crippen LogP contribution in [0, 0.1) is 11.8 Å². The van der Waals surface area contributed by atoms with Gasteiger partial charge in [-0.3, -0.25) is 4.79 Å². The van der Waals surface area contributed by atoms with Crippen LogP contribution >= 0.6 is 0 Å². The lowest BCUT2D eigenvalue weighted by Crippen LogP contribution is -2.53.